The molecule has 0 bridgehead atoms. The van der Waals surface area contributed by atoms with Crippen molar-refractivity contribution in [3.63, 3.8) is 0 Å². The van der Waals surface area contributed by atoms with E-state index in [2.05, 4.69) is 20.4 Å². The van der Waals surface area contributed by atoms with Gasteiger partial charge in [0.15, 0.2) is 0 Å². The van der Waals surface area contributed by atoms with Gasteiger partial charge in [-0.15, -0.1) is 5.10 Å². The zero-order chi connectivity index (χ0) is 16.8. The van der Waals surface area contributed by atoms with Crippen molar-refractivity contribution < 1.29 is 9.90 Å². The highest BCUT2D eigenvalue weighted by Crippen LogP contribution is 2.31. The van der Waals surface area contributed by atoms with Crippen molar-refractivity contribution in [1.29, 1.82) is 0 Å². The van der Waals surface area contributed by atoms with Crippen molar-refractivity contribution in [3.05, 3.63) is 58.7 Å². The number of carbonyl (C=O) groups is 1. The van der Waals surface area contributed by atoms with Gasteiger partial charge in [-0.1, -0.05) is 24.3 Å². The number of nitrogens with one attached hydrogen (secondary N) is 1. The number of rotatable bonds is 2. The van der Waals surface area contributed by atoms with E-state index in [0.717, 1.165) is 22.5 Å². The van der Waals surface area contributed by atoms with Crippen LogP contribution in [0.15, 0.2) is 30.3 Å². The first-order chi connectivity index (χ1) is 11.5. The van der Waals surface area contributed by atoms with Crippen molar-refractivity contribution in [2.45, 2.75) is 32.4 Å². The molecule has 0 fully saturated rings. The Kier molecular flexibility index (Phi) is 3.31. The molecule has 2 aromatic heterocycles. The Hall–Kier alpha value is -2.80. The summed E-state index contributed by atoms with van der Waals surface area (Å²) in [6, 6.07) is 9.13. The molecule has 1 aliphatic rings. The van der Waals surface area contributed by atoms with Gasteiger partial charge < -0.3 is 10.4 Å². The van der Waals surface area contributed by atoms with Gasteiger partial charge in [0.1, 0.15) is 0 Å². The number of aromatic nitrogens is 4. The number of hydrogen-bond acceptors (Lipinski definition) is 5. The molecule has 0 unspecified atom stereocenters. The fourth-order valence-corrected chi connectivity index (χ4v) is 3.22. The van der Waals surface area contributed by atoms with Gasteiger partial charge in [0.25, 0.3) is 11.7 Å². The fourth-order valence-electron chi connectivity index (χ4n) is 3.22. The molecule has 24 heavy (non-hydrogen) atoms. The van der Waals surface area contributed by atoms with Crippen LogP contribution in [0.3, 0.4) is 0 Å². The van der Waals surface area contributed by atoms with Crippen LogP contribution < -0.4 is 5.32 Å². The molecule has 122 valence electrons. The molecule has 0 spiro atoms. The molecular formula is C17H17N5O2. The van der Waals surface area contributed by atoms with E-state index in [1.54, 1.807) is 4.52 Å². The second kappa shape index (κ2) is 5.38. The van der Waals surface area contributed by atoms with Gasteiger partial charge in [0, 0.05) is 17.8 Å². The number of hydrogen-bond donors (Lipinski definition) is 2. The smallest absolute Gasteiger partial charge is 0.291 e. The highest BCUT2D eigenvalue weighted by Gasteiger charge is 2.32. The summed E-state index contributed by atoms with van der Waals surface area (Å²) in [6.45, 7) is 3.75. The number of benzene rings is 1. The number of aryl methyl sites for hydroxylation is 2. The minimum absolute atomic E-state index is 0.0489. The van der Waals surface area contributed by atoms with Crippen LogP contribution in [0.2, 0.25) is 0 Å². The lowest BCUT2D eigenvalue weighted by Crippen LogP contribution is -2.34. The van der Waals surface area contributed by atoms with E-state index in [9.17, 15) is 9.90 Å². The maximum atomic E-state index is 12.5. The summed E-state index contributed by atoms with van der Waals surface area (Å²) < 4.78 is 1.54. The zero-order valence-electron chi connectivity index (χ0n) is 13.4. The zero-order valence-corrected chi connectivity index (χ0v) is 13.4. The summed E-state index contributed by atoms with van der Waals surface area (Å²) in [5.41, 5.74) is 3.66. The second-order valence-electron chi connectivity index (χ2n) is 6.11. The molecule has 2 heterocycles. The summed E-state index contributed by atoms with van der Waals surface area (Å²) in [5.74, 6) is 0.0242. The molecule has 0 saturated carbocycles. The van der Waals surface area contributed by atoms with Gasteiger partial charge in [-0.05, 0) is 31.0 Å². The Balaban J connectivity index is 1.64. The highest BCUT2D eigenvalue weighted by atomic mass is 16.3. The molecule has 2 N–H and O–H groups in total. The summed E-state index contributed by atoms with van der Waals surface area (Å²) in [6.07, 6.45) is -0.120. The minimum atomic E-state index is -0.648. The molecule has 2 atom stereocenters. The van der Waals surface area contributed by atoms with Crippen LogP contribution in [0.4, 0.5) is 0 Å². The van der Waals surface area contributed by atoms with Gasteiger partial charge in [0.05, 0.1) is 12.1 Å². The van der Waals surface area contributed by atoms with Gasteiger partial charge >= 0.3 is 0 Å². The lowest BCUT2D eigenvalue weighted by Gasteiger charge is -2.16. The number of nitrogens with zero attached hydrogens (tertiary/aromatic N) is 4. The number of amides is 1. The summed E-state index contributed by atoms with van der Waals surface area (Å²) >= 11 is 0. The van der Waals surface area contributed by atoms with E-state index in [1.165, 1.54) is 0 Å². The first kappa shape index (κ1) is 14.8. The van der Waals surface area contributed by atoms with Crippen LogP contribution in [0.5, 0.6) is 0 Å². The van der Waals surface area contributed by atoms with Crippen LogP contribution in [0, 0.1) is 13.8 Å². The highest BCUT2D eigenvalue weighted by molar-refractivity contribution is 5.91. The first-order valence-electron chi connectivity index (χ1n) is 7.80. The molecule has 1 amide bonds. The first-order valence-corrected chi connectivity index (χ1v) is 7.80. The monoisotopic (exact) mass is 323 g/mol. The third kappa shape index (κ3) is 2.33. The number of aliphatic hydroxyl groups is 1. The lowest BCUT2D eigenvalue weighted by atomic mass is 10.1. The van der Waals surface area contributed by atoms with Crippen LogP contribution in [0.1, 0.15) is 39.2 Å². The average molecular weight is 323 g/mol. The van der Waals surface area contributed by atoms with Crippen molar-refractivity contribution in [3.8, 4) is 0 Å². The van der Waals surface area contributed by atoms with E-state index < -0.39 is 18.1 Å². The van der Waals surface area contributed by atoms with E-state index in [4.69, 9.17) is 0 Å². The Morgan fingerprint density at radius 2 is 2.08 bits per heavy atom. The number of fused-ring (bicyclic) bond motifs is 2. The van der Waals surface area contributed by atoms with E-state index in [-0.39, 0.29) is 5.82 Å². The molecule has 7 heteroatoms. The van der Waals surface area contributed by atoms with Crippen molar-refractivity contribution in [2.24, 2.45) is 0 Å². The summed E-state index contributed by atoms with van der Waals surface area (Å²) in [4.78, 5) is 21.0. The average Bonchev–Trinajstić information content (AvgIpc) is 3.09. The van der Waals surface area contributed by atoms with Gasteiger partial charge in [-0.3, -0.25) is 4.79 Å². The molecule has 7 nitrogen and oxygen atoms in total. The van der Waals surface area contributed by atoms with E-state index >= 15 is 0 Å². The fraction of sp³-hybridized carbons (Fsp3) is 0.294. The molecule has 4 rings (SSSR count). The van der Waals surface area contributed by atoms with Crippen LogP contribution in [0.25, 0.3) is 5.78 Å². The Bertz CT molecular complexity index is 949. The molecule has 0 radical (unpaired) electrons. The normalized spacial score (nSPS) is 19.5. The van der Waals surface area contributed by atoms with Gasteiger partial charge in [-0.25, -0.2) is 9.50 Å². The van der Waals surface area contributed by atoms with Gasteiger partial charge in [0.2, 0.25) is 5.82 Å². The Morgan fingerprint density at radius 3 is 2.92 bits per heavy atom. The molecular weight excluding hydrogens is 306 g/mol. The minimum Gasteiger partial charge on any atom is -0.390 e. The topological polar surface area (TPSA) is 92.4 Å². The van der Waals surface area contributed by atoms with Crippen molar-refractivity contribution in [2.75, 3.05) is 0 Å². The Morgan fingerprint density at radius 1 is 1.29 bits per heavy atom. The molecule has 0 aliphatic heterocycles. The predicted octanol–water partition coefficient (Wildman–Crippen LogP) is 1.13. The molecule has 1 aliphatic carbocycles. The molecule has 0 saturated heterocycles. The van der Waals surface area contributed by atoms with Crippen LogP contribution in [-0.4, -0.2) is 36.7 Å². The molecule has 1 aromatic carbocycles. The lowest BCUT2D eigenvalue weighted by molar-refractivity contribution is 0.0848. The van der Waals surface area contributed by atoms with Crippen molar-refractivity contribution in [1.82, 2.24) is 24.9 Å². The summed E-state index contributed by atoms with van der Waals surface area (Å²) in [7, 11) is 0. The predicted molar refractivity (Wildman–Crippen MR) is 86.6 cm³/mol. The van der Waals surface area contributed by atoms with E-state index in [0.29, 0.717) is 12.2 Å². The number of carbonyl (C=O) groups excluding carboxylic acids is 1. The maximum Gasteiger partial charge on any atom is 0.291 e. The number of aliphatic hydroxyl groups excluding tert-OH is 1. The standard InChI is InChI=1S/C17H17N5O2/c1-9-7-10(2)22-17(18-9)20-15(21-22)16(24)19-14-12-6-4-3-5-11(12)8-13(14)23/h3-7,13-14,23H,8H2,1-2H3,(H,19,24)/t13-,14+/m0/s1. The van der Waals surface area contributed by atoms with Crippen LogP contribution >= 0.6 is 0 Å². The quantitative estimate of drug-likeness (QED) is 0.737. The van der Waals surface area contributed by atoms with E-state index in [1.807, 2.05) is 44.2 Å². The van der Waals surface area contributed by atoms with Crippen molar-refractivity contribution >= 4 is 11.7 Å². The largest absolute Gasteiger partial charge is 0.390 e. The maximum absolute atomic E-state index is 12.5. The second-order valence-corrected chi connectivity index (χ2v) is 6.11. The SMILES string of the molecule is Cc1cc(C)n2nc(C(=O)N[C@@H]3c4ccccc4C[C@@H]3O)nc2n1. The third-order valence-electron chi connectivity index (χ3n) is 4.31. The Labute approximate surface area is 138 Å². The summed E-state index contributed by atoms with van der Waals surface area (Å²) in [5, 5.41) is 17.3. The molecule has 3 aromatic rings. The van der Waals surface area contributed by atoms with Gasteiger partial charge in [-0.2, -0.15) is 4.98 Å². The third-order valence-corrected chi connectivity index (χ3v) is 4.31. The van der Waals surface area contributed by atoms with Crippen LogP contribution in [-0.2, 0) is 6.42 Å².